The number of carbonyl (C=O) groups excluding carboxylic acids is 2. The molecular formula is C26H25NO6S. The predicted octanol–water partition coefficient (Wildman–Crippen LogP) is 4.74. The molecule has 0 amide bonds. The summed E-state index contributed by atoms with van der Waals surface area (Å²) in [4.78, 5) is 39.8. The van der Waals surface area contributed by atoms with E-state index in [0.29, 0.717) is 17.2 Å². The second-order valence-electron chi connectivity index (χ2n) is 7.00. The van der Waals surface area contributed by atoms with E-state index in [0.717, 1.165) is 21.9 Å². The van der Waals surface area contributed by atoms with Crippen molar-refractivity contribution in [3.05, 3.63) is 87.7 Å². The molecule has 0 aliphatic carbocycles. The van der Waals surface area contributed by atoms with Crippen LogP contribution in [0.3, 0.4) is 0 Å². The van der Waals surface area contributed by atoms with E-state index in [1.54, 1.807) is 74.7 Å². The summed E-state index contributed by atoms with van der Waals surface area (Å²) in [5, 5.41) is 11.0. The number of carbonyl (C=O) groups is 2. The number of benzene rings is 2. The van der Waals surface area contributed by atoms with E-state index < -0.39 is 23.2 Å². The maximum atomic E-state index is 13.5. The maximum Gasteiger partial charge on any atom is 0.344 e. The van der Waals surface area contributed by atoms with Gasteiger partial charge in [-0.05, 0) is 48.6 Å². The molecule has 0 fully saturated rings. The summed E-state index contributed by atoms with van der Waals surface area (Å²) in [6, 6.07) is 15.4. The van der Waals surface area contributed by atoms with Crippen LogP contribution in [0.1, 0.15) is 40.1 Å². The molecule has 0 radical (unpaired) electrons. The summed E-state index contributed by atoms with van der Waals surface area (Å²) in [6.07, 6.45) is 2.85. The quantitative estimate of drug-likeness (QED) is 0.205. The summed E-state index contributed by atoms with van der Waals surface area (Å²) < 4.78 is 11.2. The Labute approximate surface area is 201 Å². The van der Waals surface area contributed by atoms with Crippen LogP contribution < -0.4 is 10.3 Å². The minimum atomic E-state index is -0.811. The first-order valence-corrected chi connectivity index (χ1v) is 11.6. The van der Waals surface area contributed by atoms with Gasteiger partial charge < -0.3 is 14.6 Å². The standard InChI is InChI=1S/C26H25NO6S/c1-4-33-26(31)22-23(34-5-2)21(20(28)16-13-17-11-14-19(32-3)15-12-17)24(29)27(25(22)30)18-9-7-6-8-10-18/h6-16,30H,4-5H2,1-3H3/b16-13+. The molecule has 0 atom stereocenters. The lowest BCUT2D eigenvalue weighted by atomic mass is 10.1. The summed E-state index contributed by atoms with van der Waals surface area (Å²) in [7, 11) is 1.56. The third kappa shape index (κ3) is 5.23. The number of nitrogens with zero attached hydrogens (tertiary/aromatic N) is 1. The van der Waals surface area contributed by atoms with Gasteiger partial charge >= 0.3 is 5.97 Å². The Morgan fingerprint density at radius 1 is 1.03 bits per heavy atom. The molecule has 7 nitrogen and oxygen atoms in total. The van der Waals surface area contributed by atoms with Gasteiger partial charge in [-0.25, -0.2) is 9.36 Å². The van der Waals surface area contributed by atoms with Gasteiger partial charge in [0, 0.05) is 4.90 Å². The molecule has 176 valence electrons. The van der Waals surface area contributed by atoms with Crippen molar-refractivity contribution in [1.29, 1.82) is 0 Å². The van der Waals surface area contributed by atoms with Crippen molar-refractivity contribution in [3.8, 4) is 17.3 Å². The number of thioether (sulfide) groups is 1. The highest BCUT2D eigenvalue weighted by molar-refractivity contribution is 7.99. The SMILES string of the molecule is CCOC(=O)c1c(SCC)c(C(=O)/C=C/c2ccc(OC)cc2)c(=O)n(-c2ccccc2)c1O. The van der Waals surface area contributed by atoms with Gasteiger partial charge in [-0.1, -0.05) is 43.3 Å². The minimum absolute atomic E-state index is 0.0691. The first kappa shape index (κ1) is 24.9. The number of allylic oxidation sites excluding steroid dienone is 1. The number of rotatable bonds is 9. The van der Waals surface area contributed by atoms with Crippen LogP contribution in [0.5, 0.6) is 11.6 Å². The van der Waals surface area contributed by atoms with Crippen molar-refractivity contribution in [2.24, 2.45) is 0 Å². The predicted molar refractivity (Wildman–Crippen MR) is 132 cm³/mol. The largest absolute Gasteiger partial charge is 0.497 e. The fourth-order valence-corrected chi connectivity index (χ4v) is 4.26. The fourth-order valence-electron chi connectivity index (χ4n) is 3.32. The normalized spacial score (nSPS) is 10.9. The van der Waals surface area contributed by atoms with E-state index >= 15 is 0 Å². The molecule has 3 aromatic rings. The number of hydrogen-bond acceptors (Lipinski definition) is 7. The van der Waals surface area contributed by atoms with Gasteiger partial charge in [0.25, 0.3) is 5.56 Å². The maximum absolute atomic E-state index is 13.5. The van der Waals surface area contributed by atoms with Crippen LogP contribution >= 0.6 is 11.8 Å². The number of para-hydroxylation sites is 1. The highest BCUT2D eigenvalue weighted by atomic mass is 32.2. The Balaban J connectivity index is 2.23. The Bertz CT molecular complexity index is 1260. The zero-order valence-electron chi connectivity index (χ0n) is 19.1. The van der Waals surface area contributed by atoms with Gasteiger partial charge in [0.1, 0.15) is 16.9 Å². The Morgan fingerprint density at radius 3 is 2.29 bits per heavy atom. The van der Waals surface area contributed by atoms with E-state index in [2.05, 4.69) is 0 Å². The molecule has 0 aliphatic rings. The van der Waals surface area contributed by atoms with Crippen LogP contribution in [0.2, 0.25) is 0 Å². The Kier molecular flexibility index (Phi) is 8.32. The smallest absolute Gasteiger partial charge is 0.344 e. The highest BCUT2D eigenvalue weighted by Crippen LogP contribution is 2.33. The molecule has 34 heavy (non-hydrogen) atoms. The zero-order chi connectivity index (χ0) is 24.7. The number of pyridine rings is 1. The fraction of sp³-hybridized carbons (Fsp3) is 0.192. The molecule has 8 heteroatoms. The third-order valence-corrected chi connectivity index (χ3v) is 5.86. The molecule has 1 heterocycles. The summed E-state index contributed by atoms with van der Waals surface area (Å²) in [5.41, 5.74) is -0.0971. The average molecular weight is 480 g/mol. The molecule has 3 rings (SSSR count). The van der Waals surface area contributed by atoms with Crippen LogP contribution in [-0.2, 0) is 4.74 Å². The lowest BCUT2D eigenvalue weighted by Crippen LogP contribution is -2.28. The van der Waals surface area contributed by atoms with Crippen LogP contribution in [0.15, 0.2) is 70.4 Å². The number of aromatic nitrogens is 1. The van der Waals surface area contributed by atoms with E-state index in [9.17, 15) is 19.5 Å². The first-order valence-electron chi connectivity index (χ1n) is 10.7. The Hall–Kier alpha value is -3.78. The van der Waals surface area contributed by atoms with Crippen molar-refractivity contribution in [2.75, 3.05) is 19.5 Å². The van der Waals surface area contributed by atoms with Crippen LogP contribution in [0.4, 0.5) is 0 Å². The zero-order valence-corrected chi connectivity index (χ0v) is 19.9. The topological polar surface area (TPSA) is 94.8 Å². The molecule has 0 bridgehead atoms. The molecular weight excluding hydrogens is 454 g/mol. The van der Waals surface area contributed by atoms with E-state index in [1.807, 2.05) is 6.92 Å². The molecule has 0 aliphatic heterocycles. The number of hydrogen-bond donors (Lipinski definition) is 1. The molecule has 0 unspecified atom stereocenters. The third-order valence-electron chi connectivity index (χ3n) is 4.88. The van der Waals surface area contributed by atoms with Crippen molar-refractivity contribution in [1.82, 2.24) is 4.57 Å². The van der Waals surface area contributed by atoms with Crippen molar-refractivity contribution in [2.45, 2.75) is 18.7 Å². The molecule has 0 saturated carbocycles. The van der Waals surface area contributed by atoms with Gasteiger partial charge in [0.2, 0.25) is 5.88 Å². The first-order chi connectivity index (χ1) is 16.4. The van der Waals surface area contributed by atoms with Crippen LogP contribution in [0, 0.1) is 0 Å². The molecule has 0 spiro atoms. The minimum Gasteiger partial charge on any atom is -0.497 e. The lowest BCUT2D eigenvalue weighted by molar-refractivity contribution is 0.0517. The van der Waals surface area contributed by atoms with E-state index in [1.165, 1.54) is 6.08 Å². The van der Waals surface area contributed by atoms with Gasteiger partial charge in [0.15, 0.2) is 5.78 Å². The number of esters is 1. The van der Waals surface area contributed by atoms with Gasteiger partial charge in [-0.2, -0.15) is 0 Å². The molecule has 1 N–H and O–H groups in total. The highest BCUT2D eigenvalue weighted by Gasteiger charge is 2.30. The lowest BCUT2D eigenvalue weighted by Gasteiger charge is -2.18. The van der Waals surface area contributed by atoms with Crippen molar-refractivity contribution in [3.63, 3.8) is 0 Å². The molecule has 2 aromatic carbocycles. The van der Waals surface area contributed by atoms with Crippen molar-refractivity contribution >= 4 is 29.6 Å². The molecule has 0 saturated heterocycles. The summed E-state index contributed by atoms with van der Waals surface area (Å²) in [6.45, 7) is 3.53. The van der Waals surface area contributed by atoms with Gasteiger partial charge in [-0.15, -0.1) is 11.8 Å². The van der Waals surface area contributed by atoms with Gasteiger partial charge in [0.05, 0.1) is 19.4 Å². The van der Waals surface area contributed by atoms with Crippen LogP contribution in [0.25, 0.3) is 11.8 Å². The summed E-state index contributed by atoms with van der Waals surface area (Å²) in [5.74, 6) is -0.834. The Morgan fingerprint density at radius 2 is 1.71 bits per heavy atom. The number of ether oxygens (including phenoxy) is 2. The number of methoxy groups -OCH3 is 1. The van der Waals surface area contributed by atoms with Crippen LogP contribution in [-0.4, -0.2) is 40.9 Å². The molecule has 1 aromatic heterocycles. The van der Waals surface area contributed by atoms with E-state index in [4.69, 9.17) is 9.47 Å². The van der Waals surface area contributed by atoms with Crippen molar-refractivity contribution < 1.29 is 24.2 Å². The number of ketones is 1. The number of aromatic hydroxyl groups is 1. The van der Waals surface area contributed by atoms with E-state index in [-0.39, 0.29) is 22.6 Å². The monoisotopic (exact) mass is 479 g/mol. The second kappa shape index (κ2) is 11.4. The summed E-state index contributed by atoms with van der Waals surface area (Å²) >= 11 is 1.12. The van der Waals surface area contributed by atoms with Gasteiger partial charge in [-0.3, -0.25) is 9.59 Å². The second-order valence-corrected chi connectivity index (χ2v) is 8.28. The average Bonchev–Trinajstić information content (AvgIpc) is 2.84.